The first kappa shape index (κ1) is 15.4. The quantitative estimate of drug-likeness (QED) is 0.889. The number of hydrogen-bond donors (Lipinski definition) is 1. The number of hydrogen-bond acceptors (Lipinski definition) is 5. The molecule has 112 valence electrons. The monoisotopic (exact) mass is 308 g/mol. The lowest BCUT2D eigenvalue weighted by molar-refractivity contribution is 0.282. The molecule has 21 heavy (non-hydrogen) atoms. The van der Waals surface area contributed by atoms with E-state index in [2.05, 4.69) is 4.98 Å². The molecule has 0 fully saturated rings. The van der Waals surface area contributed by atoms with Crippen molar-refractivity contribution in [1.29, 1.82) is 0 Å². The maximum Gasteiger partial charge on any atom is 0.185 e. The van der Waals surface area contributed by atoms with Crippen molar-refractivity contribution in [3.8, 4) is 17.2 Å². The van der Waals surface area contributed by atoms with E-state index in [9.17, 15) is 0 Å². The van der Waals surface area contributed by atoms with Crippen LogP contribution in [-0.4, -0.2) is 19.2 Å². The molecule has 1 aromatic heterocycles. The summed E-state index contributed by atoms with van der Waals surface area (Å²) in [6, 6.07) is 7.14. The number of halogens is 1. The minimum absolute atomic E-state index is 0.230. The highest BCUT2D eigenvalue weighted by atomic mass is 35.5. The van der Waals surface area contributed by atoms with Gasteiger partial charge in [-0.1, -0.05) is 17.7 Å². The van der Waals surface area contributed by atoms with Crippen LogP contribution in [0.15, 0.2) is 30.5 Å². The minimum atomic E-state index is 0.230. The maximum atomic E-state index is 6.10. The fourth-order valence-electron chi connectivity index (χ4n) is 1.97. The van der Waals surface area contributed by atoms with E-state index in [-0.39, 0.29) is 6.61 Å². The topological polar surface area (TPSA) is 66.6 Å². The van der Waals surface area contributed by atoms with Crippen molar-refractivity contribution < 1.29 is 14.2 Å². The average Bonchev–Trinajstić information content (AvgIpc) is 2.52. The number of aromatic nitrogens is 1. The highest BCUT2D eigenvalue weighted by Crippen LogP contribution is 2.31. The van der Waals surface area contributed by atoms with Crippen LogP contribution in [0.5, 0.6) is 17.2 Å². The van der Waals surface area contributed by atoms with Gasteiger partial charge in [-0.2, -0.15) is 0 Å². The van der Waals surface area contributed by atoms with Gasteiger partial charge >= 0.3 is 0 Å². The van der Waals surface area contributed by atoms with Crippen molar-refractivity contribution in [3.05, 3.63) is 46.7 Å². The minimum Gasteiger partial charge on any atom is -0.493 e. The summed E-state index contributed by atoms with van der Waals surface area (Å²) in [5.41, 5.74) is 7.10. The molecular formula is C15H17ClN2O3. The van der Waals surface area contributed by atoms with E-state index in [4.69, 9.17) is 31.5 Å². The summed E-state index contributed by atoms with van der Waals surface area (Å²) >= 11 is 6.10. The van der Waals surface area contributed by atoms with E-state index in [1.165, 1.54) is 0 Å². The van der Waals surface area contributed by atoms with E-state index < -0.39 is 0 Å². The molecule has 1 aromatic carbocycles. The number of methoxy groups -OCH3 is 2. The Bertz CT molecular complexity index is 620. The first-order valence-electron chi connectivity index (χ1n) is 6.37. The van der Waals surface area contributed by atoms with Crippen LogP contribution in [0.1, 0.15) is 11.3 Å². The smallest absolute Gasteiger partial charge is 0.185 e. The summed E-state index contributed by atoms with van der Waals surface area (Å²) in [5.74, 6) is 1.80. The van der Waals surface area contributed by atoms with Gasteiger partial charge in [0.25, 0.3) is 0 Å². The lowest BCUT2D eigenvalue weighted by atomic mass is 10.2. The van der Waals surface area contributed by atoms with Gasteiger partial charge in [0.1, 0.15) is 18.1 Å². The normalized spacial score (nSPS) is 10.3. The predicted octanol–water partition coefficient (Wildman–Crippen LogP) is 2.79. The lowest BCUT2D eigenvalue weighted by Gasteiger charge is -2.14. The molecule has 0 aliphatic rings. The molecule has 0 saturated carbocycles. The zero-order chi connectivity index (χ0) is 15.2. The molecule has 2 N–H and O–H groups in total. The number of ether oxygens (including phenoxy) is 3. The van der Waals surface area contributed by atoms with Crippen LogP contribution in [0.4, 0.5) is 0 Å². The second-order valence-electron chi connectivity index (χ2n) is 4.20. The largest absolute Gasteiger partial charge is 0.493 e. The van der Waals surface area contributed by atoms with Crippen LogP contribution >= 0.6 is 11.6 Å². The van der Waals surface area contributed by atoms with Crippen molar-refractivity contribution >= 4 is 11.6 Å². The molecular weight excluding hydrogens is 292 g/mol. The molecule has 2 rings (SSSR count). The van der Waals surface area contributed by atoms with Gasteiger partial charge in [-0.25, -0.2) is 0 Å². The molecule has 0 aliphatic heterocycles. The molecule has 0 amide bonds. The average molecular weight is 309 g/mol. The summed E-state index contributed by atoms with van der Waals surface area (Å²) in [4.78, 5) is 4.26. The summed E-state index contributed by atoms with van der Waals surface area (Å²) in [5, 5.41) is 0.584. The number of benzene rings is 1. The van der Waals surface area contributed by atoms with Gasteiger partial charge in [0.2, 0.25) is 0 Å². The fourth-order valence-corrected chi connectivity index (χ4v) is 2.21. The standard InChI is InChI=1S/C15H17ClN2O3/c1-19-14-6-7-18-12(15(14)20-2)9-21-13-5-3-4-11(16)10(13)8-17/h3-7H,8-9,17H2,1-2H3. The highest BCUT2D eigenvalue weighted by molar-refractivity contribution is 6.31. The molecule has 0 unspecified atom stereocenters. The molecule has 6 heteroatoms. The van der Waals surface area contributed by atoms with Crippen LogP contribution in [0.2, 0.25) is 5.02 Å². The Morgan fingerprint density at radius 2 is 1.95 bits per heavy atom. The Balaban J connectivity index is 2.23. The molecule has 0 aliphatic carbocycles. The van der Waals surface area contributed by atoms with E-state index in [0.29, 0.717) is 34.5 Å². The van der Waals surface area contributed by atoms with E-state index in [0.717, 1.165) is 5.56 Å². The van der Waals surface area contributed by atoms with Crippen LogP contribution in [0, 0.1) is 0 Å². The van der Waals surface area contributed by atoms with Crippen molar-refractivity contribution in [2.45, 2.75) is 13.2 Å². The molecule has 0 saturated heterocycles. The second kappa shape index (κ2) is 7.15. The number of nitrogens with zero attached hydrogens (tertiary/aromatic N) is 1. The molecule has 0 atom stereocenters. The Morgan fingerprint density at radius 3 is 2.62 bits per heavy atom. The van der Waals surface area contributed by atoms with E-state index >= 15 is 0 Å². The first-order chi connectivity index (χ1) is 10.2. The number of nitrogens with two attached hydrogens (primary N) is 1. The first-order valence-corrected chi connectivity index (χ1v) is 6.75. The van der Waals surface area contributed by atoms with E-state index in [1.54, 1.807) is 32.5 Å². The Labute approximate surface area is 128 Å². The third kappa shape index (κ3) is 3.37. The van der Waals surface area contributed by atoms with Crippen molar-refractivity contribution in [3.63, 3.8) is 0 Å². The maximum absolute atomic E-state index is 6.10. The van der Waals surface area contributed by atoms with Crippen molar-refractivity contribution in [2.24, 2.45) is 5.73 Å². The van der Waals surface area contributed by atoms with Gasteiger partial charge < -0.3 is 19.9 Å². The number of rotatable bonds is 6. The molecule has 0 radical (unpaired) electrons. The van der Waals surface area contributed by atoms with E-state index in [1.807, 2.05) is 12.1 Å². The Morgan fingerprint density at radius 1 is 1.14 bits per heavy atom. The van der Waals surface area contributed by atoms with Crippen LogP contribution in [0.25, 0.3) is 0 Å². The molecule has 0 spiro atoms. The van der Waals surface area contributed by atoms with Crippen LogP contribution < -0.4 is 19.9 Å². The highest BCUT2D eigenvalue weighted by Gasteiger charge is 2.13. The lowest BCUT2D eigenvalue weighted by Crippen LogP contribution is -2.06. The summed E-state index contributed by atoms with van der Waals surface area (Å²) < 4.78 is 16.3. The van der Waals surface area contributed by atoms with Gasteiger partial charge in [0.15, 0.2) is 11.5 Å². The van der Waals surface area contributed by atoms with Crippen LogP contribution in [0.3, 0.4) is 0 Å². The fraction of sp³-hybridized carbons (Fsp3) is 0.267. The SMILES string of the molecule is COc1ccnc(COc2cccc(Cl)c2CN)c1OC. The summed E-state index contributed by atoms with van der Waals surface area (Å²) in [6.07, 6.45) is 1.64. The predicted molar refractivity (Wildman–Crippen MR) is 81.0 cm³/mol. The molecule has 5 nitrogen and oxygen atoms in total. The molecule has 2 aromatic rings. The van der Waals surface area contributed by atoms with Gasteiger partial charge in [0.05, 0.1) is 14.2 Å². The summed E-state index contributed by atoms with van der Waals surface area (Å²) in [7, 11) is 3.14. The molecule has 1 heterocycles. The van der Waals surface area contributed by atoms with Gasteiger partial charge in [-0.3, -0.25) is 4.98 Å². The zero-order valence-corrected chi connectivity index (χ0v) is 12.7. The van der Waals surface area contributed by atoms with Gasteiger partial charge in [-0.05, 0) is 12.1 Å². The molecule has 0 bridgehead atoms. The van der Waals surface area contributed by atoms with Gasteiger partial charge in [0, 0.05) is 29.4 Å². The van der Waals surface area contributed by atoms with Gasteiger partial charge in [-0.15, -0.1) is 0 Å². The summed E-state index contributed by atoms with van der Waals surface area (Å²) in [6.45, 7) is 0.533. The van der Waals surface area contributed by atoms with Crippen molar-refractivity contribution in [2.75, 3.05) is 14.2 Å². The third-order valence-electron chi connectivity index (χ3n) is 3.01. The number of pyridine rings is 1. The Hall–Kier alpha value is -1.98. The second-order valence-corrected chi connectivity index (χ2v) is 4.61. The Kier molecular flexibility index (Phi) is 5.25. The zero-order valence-electron chi connectivity index (χ0n) is 11.9. The third-order valence-corrected chi connectivity index (χ3v) is 3.36. The van der Waals surface area contributed by atoms with Crippen LogP contribution in [-0.2, 0) is 13.2 Å². The van der Waals surface area contributed by atoms with Crippen molar-refractivity contribution in [1.82, 2.24) is 4.98 Å².